The summed E-state index contributed by atoms with van der Waals surface area (Å²) in [6, 6.07) is 50.7. The number of fused-ring (bicyclic) bond motifs is 8. The minimum atomic E-state index is 1.15. The van der Waals surface area contributed by atoms with Crippen molar-refractivity contribution in [3.63, 3.8) is 0 Å². The molecule has 38 heavy (non-hydrogen) atoms. The molecule has 8 rings (SSSR count). The first-order chi connectivity index (χ1) is 18.9. The van der Waals surface area contributed by atoms with E-state index in [-0.39, 0.29) is 0 Å². The van der Waals surface area contributed by atoms with Crippen LogP contribution >= 0.6 is 11.3 Å². The van der Waals surface area contributed by atoms with E-state index in [1.165, 1.54) is 63.9 Å². The number of hydrogen-bond donors (Lipinski definition) is 0. The topological polar surface area (TPSA) is 3.24 Å². The molecule has 0 N–H and O–H groups in total. The summed E-state index contributed by atoms with van der Waals surface area (Å²) in [6.45, 7) is 0. The molecule has 8 aromatic rings. The standard InChI is InChI=1S/C36H23NS/c1-2-13-26(14-3-1)37(33-23-25-11-4-5-15-27(25)28-16-6-7-17-29(28)33)32-19-10-12-24-21-22-31-30-18-8-9-20-34(30)38-36(31)35(24)32/h1-23H. The van der Waals surface area contributed by atoms with Gasteiger partial charge in [0.05, 0.1) is 11.4 Å². The van der Waals surface area contributed by atoms with Crippen molar-refractivity contribution in [1.82, 2.24) is 0 Å². The second-order valence-electron chi connectivity index (χ2n) is 9.75. The fourth-order valence-corrected chi connectivity index (χ4v) is 7.19. The Morgan fingerprint density at radius 3 is 1.97 bits per heavy atom. The van der Waals surface area contributed by atoms with Gasteiger partial charge in [-0.05, 0) is 51.9 Å². The first kappa shape index (κ1) is 21.4. The molecule has 0 unspecified atom stereocenters. The molecule has 178 valence electrons. The van der Waals surface area contributed by atoms with Crippen molar-refractivity contribution < 1.29 is 0 Å². The minimum Gasteiger partial charge on any atom is -0.309 e. The van der Waals surface area contributed by atoms with Crippen LogP contribution in [0.2, 0.25) is 0 Å². The van der Waals surface area contributed by atoms with Crippen LogP contribution in [-0.4, -0.2) is 0 Å². The van der Waals surface area contributed by atoms with E-state index in [0.717, 1.165) is 5.69 Å². The molecule has 0 saturated heterocycles. The number of rotatable bonds is 3. The van der Waals surface area contributed by atoms with Gasteiger partial charge in [-0.1, -0.05) is 109 Å². The Balaban J connectivity index is 1.53. The molecule has 1 nitrogen and oxygen atoms in total. The van der Waals surface area contributed by atoms with Gasteiger partial charge in [0.2, 0.25) is 0 Å². The summed E-state index contributed by atoms with van der Waals surface area (Å²) in [7, 11) is 0. The molecule has 0 amide bonds. The summed E-state index contributed by atoms with van der Waals surface area (Å²) in [4.78, 5) is 2.46. The van der Waals surface area contributed by atoms with Crippen LogP contribution in [-0.2, 0) is 0 Å². The molecule has 0 aliphatic heterocycles. The zero-order chi connectivity index (χ0) is 25.1. The molecule has 0 fully saturated rings. The van der Waals surface area contributed by atoms with E-state index < -0.39 is 0 Å². The van der Waals surface area contributed by atoms with Crippen LogP contribution in [0.3, 0.4) is 0 Å². The van der Waals surface area contributed by atoms with Gasteiger partial charge in [-0.15, -0.1) is 11.3 Å². The largest absolute Gasteiger partial charge is 0.309 e. The van der Waals surface area contributed by atoms with Crippen molar-refractivity contribution in [3.8, 4) is 0 Å². The van der Waals surface area contributed by atoms with Gasteiger partial charge in [-0.2, -0.15) is 0 Å². The maximum absolute atomic E-state index is 2.46. The molecule has 0 radical (unpaired) electrons. The number of para-hydroxylation sites is 1. The lowest BCUT2D eigenvalue weighted by Crippen LogP contribution is -2.11. The molecule has 0 atom stereocenters. The second-order valence-corrected chi connectivity index (χ2v) is 10.8. The van der Waals surface area contributed by atoms with Crippen LogP contribution in [0.4, 0.5) is 17.1 Å². The predicted octanol–water partition coefficient (Wildman–Crippen LogP) is 11.0. The van der Waals surface area contributed by atoms with Crippen LogP contribution in [0.15, 0.2) is 140 Å². The lowest BCUT2D eigenvalue weighted by atomic mass is 9.98. The van der Waals surface area contributed by atoms with Gasteiger partial charge in [0, 0.05) is 36.6 Å². The number of thiophene rings is 1. The van der Waals surface area contributed by atoms with Crippen molar-refractivity contribution in [2.75, 3.05) is 4.90 Å². The van der Waals surface area contributed by atoms with Crippen LogP contribution in [0.25, 0.3) is 52.5 Å². The fraction of sp³-hybridized carbons (Fsp3) is 0. The predicted molar refractivity (Wildman–Crippen MR) is 167 cm³/mol. The SMILES string of the molecule is c1ccc(N(c2cc3ccccc3c3ccccc23)c2cccc3ccc4c5ccccc5sc4c23)cc1. The Bertz CT molecular complexity index is 2140. The van der Waals surface area contributed by atoms with E-state index in [9.17, 15) is 0 Å². The Morgan fingerprint density at radius 1 is 0.421 bits per heavy atom. The molecule has 1 heterocycles. The highest BCUT2D eigenvalue weighted by atomic mass is 32.1. The summed E-state index contributed by atoms with van der Waals surface area (Å²) in [5, 5.41) is 10.2. The van der Waals surface area contributed by atoms with Gasteiger partial charge in [-0.3, -0.25) is 0 Å². The summed E-state index contributed by atoms with van der Waals surface area (Å²) in [5.74, 6) is 0. The highest BCUT2D eigenvalue weighted by molar-refractivity contribution is 7.26. The molecular weight excluding hydrogens is 478 g/mol. The quantitative estimate of drug-likeness (QED) is 0.218. The molecule has 0 aliphatic rings. The monoisotopic (exact) mass is 501 g/mol. The maximum atomic E-state index is 2.46. The molecule has 0 saturated carbocycles. The average Bonchev–Trinajstić information content (AvgIpc) is 3.37. The van der Waals surface area contributed by atoms with E-state index in [1.54, 1.807) is 0 Å². The lowest BCUT2D eigenvalue weighted by molar-refractivity contribution is 1.32. The van der Waals surface area contributed by atoms with Gasteiger partial charge in [0.25, 0.3) is 0 Å². The molecule has 2 heteroatoms. The van der Waals surface area contributed by atoms with Crippen molar-refractivity contribution in [2.24, 2.45) is 0 Å². The minimum absolute atomic E-state index is 1.15. The Kier molecular flexibility index (Phi) is 4.76. The lowest BCUT2D eigenvalue weighted by Gasteiger charge is -2.29. The van der Waals surface area contributed by atoms with Crippen LogP contribution in [0.5, 0.6) is 0 Å². The molecule has 0 bridgehead atoms. The van der Waals surface area contributed by atoms with Crippen molar-refractivity contribution >= 4 is 80.9 Å². The normalized spacial score (nSPS) is 11.7. The van der Waals surface area contributed by atoms with E-state index in [2.05, 4.69) is 144 Å². The third kappa shape index (κ3) is 3.17. The van der Waals surface area contributed by atoms with Gasteiger partial charge < -0.3 is 4.90 Å². The summed E-state index contributed by atoms with van der Waals surface area (Å²) >= 11 is 1.89. The van der Waals surface area contributed by atoms with Crippen molar-refractivity contribution in [3.05, 3.63) is 140 Å². The fourth-order valence-electron chi connectivity index (χ4n) is 5.92. The number of benzene rings is 7. The van der Waals surface area contributed by atoms with E-state index in [1.807, 2.05) is 11.3 Å². The van der Waals surface area contributed by atoms with Crippen molar-refractivity contribution in [2.45, 2.75) is 0 Å². The van der Waals surface area contributed by atoms with Gasteiger partial charge in [-0.25, -0.2) is 0 Å². The third-order valence-corrected chi connectivity index (χ3v) is 8.81. The molecular formula is C36H23NS. The average molecular weight is 502 g/mol. The second kappa shape index (κ2) is 8.44. The molecule has 0 spiro atoms. The van der Waals surface area contributed by atoms with Gasteiger partial charge in [0.15, 0.2) is 0 Å². The molecule has 0 aliphatic carbocycles. The number of hydrogen-bond acceptors (Lipinski definition) is 2. The summed E-state index contributed by atoms with van der Waals surface area (Å²) in [5.41, 5.74) is 3.54. The molecule has 1 aromatic heterocycles. The number of nitrogens with zero attached hydrogens (tertiary/aromatic N) is 1. The summed E-state index contributed by atoms with van der Waals surface area (Å²) in [6.07, 6.45) is 0. The third-order valence-electron chi connectivity index (χ3n) is 7.61. The Hall–Kier alpha value is -4.66. The highest BCUT2D eigenvalue weighted by Crippen LogP contribution is 2.47. The zero-order valence-electron chi connectivity index (χ0n) is 20.6. The first-order valence-electron chi connectivity index (χ1n) is 13.0. The van der Waals surface area contributed by atoms with Crippen LogP contribution in [0, 0.1) is 0 Å². The molecule has 7 aromatic carbocycles. The smallest absolute Gasteiger partial charge is 0.0554 e. The number of anilines is 3. The highest BCUT2D eigenvalue weighted by Gasteiger charge is 2.21. The zero-order valence-corrected chi connectivity index (χ0v) is 21.5. The van der Waals surface area contributed by atoms with Crippen molar-refractivity contribution in [1.29, 1.82) is 0 Å². The Morgan fingerprint density at radius 2 is 1.11 bits per heavy atom. The first-order valence-corrected chi connectivity index (χ1v) is 13.8. The van der Waals surface area contributed by atoms with Crippen LogP contribution < -0.4 is 4.90 Å². The summed E-state index contributed by atoms with van der Waals surface area (Å²) < 4.78 is 2.66. The van der Waals surface area contributed by atoms with Gasteiger partial charge in [0.1, 0.15) is 0 Å². The van der Waals surface area contributed by atoms with E-state index in [0.29, 0.717) is 0 Å². The maximum Gasteiger partial charge on any atom is 0.0554 e. The van der Waals surface area contributed by atoms with Crippen LogP contribution in [0.1, 0.15) is 0 Å². The van der Waals surface area contributed by atoms with E-state index >= 15 is 0 Å². The van der Waals surface area contributed by atoms with E-state index in [4.69, 9.17) is 0 Å². The Labute approximate surface area is 224 Å². The van der Waals surface area contributed by atoms with Gasteiger partial charge >= 0.3 is 0 Å².